The van der Waals surface area contributed by atoms with Crippen molar-refractivity contribution < 1.29 is 33.2 Å². The zero-order valence-electron chi connectivity index (χ0n) is 15.1. The second kappa shape index (κ2) is 7.42. The molecule has 3 aromatic rings. The van der Waals surface area contributed by atoms with Gasteiger partial charge in [0.1, 0.15) is 12.2 Å². The van der Waals surface area contributed by atoms with Crippen LogP contribution in [-0.4, -0.2) is 50.2 Å². The number of halogens is 3. The Morgan fingerprint density at radius 2 is 1.86 bits per heavy atom. The molecule has 4 atom stereocenters. The molecule has 0 unspecified atom stereocenters. The van der Waals surface area contributed by atoms with E-state index in [-0.39, 0.29) is 24.1 Å². The van der Waals surface area contributed by atoms with Crippen LogP contribution < -0.4 is 0 Å². The summed E-state index contributed by atoms with van der Waals surface area (Å²) in [5.74, 6) is -1.05. The SMILES string of the molecule is OC[C@@H]1C[C@H](O)[C@H](O)[C@@H](c2cccc(-c3ccc4nc(C(F)(F)F)[nH]c4c3)c2)O1. The fraction of sp³-hybridized carbons (Fsp3) is 0.350. The molecule has 1 aromatic heterocycles. The number of aliphatic hydroxyl groups is 3. The summed E-state index contributed by atoms with van der Waals surface area (Å²) in [5, 5.41) is 29.7. The molecule has 0 saturated carbocycles. The molecule has 0 aliphatic carbocycles. The first-order valence-electron chi connectivity index (χ1n) is 9.06. The number of hydrogen-bond acceptors (Lipinski definition) is 5. The Bertz CT molecular complexity index is 1020. The lowest BCUT2D eigenvalue weighted by Gasteiger charge is -2.37. The quantitative estimate of drug-likeness (QED) is 0.534. The van der Waals surface area contributed by atoms with Gasteiger partial charge in [-0.15, -0.1) is 0 Å². The van der Waals surface area contributed by atoms with E-state index in [1.165, 1.54) is 6.07 Å². The lowest BCUT2D eigenvalue weighted by molar-refractivity contribution is -0.179. The lowest BCUT2D eigenvalue weighted by Crippen LogP contribution is -2.44. The third kappa shape index (κ3) is 3.86. The van der Waals surface area contributed by atoms with Gasteiger partial charge in [-0.1, -0.05) is 24.3 Å². The molecule has 6 nitrogen and oxygen atoms in total. The van der Waals surface area contributed by atoms with Gasteiger partial charge in [-0.3, -0.25) is 0 Å². The van der Waals surface area contributed by atoms with Crippen LogP contribution in [0.15, 0.2) is 42.5 Å². The van der Waals surface area contributed by atoms with E-state index in [0.29, 0.717) is 16.7 Å². The third-order valence-corrected chi connectivity index (χ3v) is 5.05. The summed E-state index contributed by atoms with van der Waals surface area (Å²) in [6, 6.07) is 11.7. The fourth-order valence-corrected chi connectivity index (χ4v) is 3.57. The number of rotatable bonds is 3. The Kier molecular flexibility index (Phi) is 5.07. The van der Waals surface area contributed by atoms with Crippen molar-refractivity contribution in [3.8, 4) is 11.1 Å². The number of alkyl halides is 3. The minimum atomic E-state index is -4.56. The average Bonchev–Trinajstić information content (AvgIpc) is 3.14. The molecule has 0 spiro atoms. The molecule has 4 N–H and O–H groups in total. The highest BCUT2D eigenvalue weighted by Crippen LogP contribution is 2.35. The van der Waals surface area contributed by atoms with Crippen molar-refractivity contribution >= 4 is 11.0 Å². The highest BCUT2D eigenvalue weighted by Gasteiger charge is 2.37. The molecule has 29 heavy (non-hydrogen) atoms. The van der Waals surface area contributed by atoms with Crippen molar-refractivity contribution in [1.29, 1.82) is 0 Å². The maximum absolute atomic E-state index is 12.9. The van der Waals surface area contributed by atoms with Crippen molar-refractivity contribution in [3.63, 3.8) is 0 Å². The number of imidazole rings is 1. The second-order valence-electron chi connectivity index (χ2n) is 7.10. The molecule has 1 saturated heterocycles. The summed E-state index contributed by atoms with van der Waals surface area (Å²) in [5.41, 5.74) is 2.40. The zero-order chi connectivity index (χ0) is 20.8. The summed E-state index contributed by atoms with van der Waals surface area (Å²) >= 11 is 0. The number of nitrogens with one attached hydrogen (secondary N) is 1. The molecule has 9 heteroatoms. The van der Waals surface area contributed by atoms with E-state index >= 15 is 0 Å². The number of hydrogen-bond donors (Lipinski definition) is 4. The zero-order valence-corrected chi connectivity index (χ0v) is 15.1. The number of nitrogens with zero attached hydrogens (tertiary/aromatic N) is 1. The molecule has 1 fully saturated rings. The van der Waals surface area contributed by atoms with Gasteiger partial charge in [0.05, 0.1) is 29.8 Å². The molecule has 1 aliphatic heterocycles. The van der Waals surface area contributed by atoms with Crippen LogP contribution in [0.25, 0.3) is 22.2 Å². The van der Waals surface area contributed by atoms with Gasteiger partial charge in [-0.05, 0) is 34.9 Å². The Morgan fingerprint density at radius 1 is 1.10 bits per heavy atom. The van der Waals surface area contributed by atoms with Crippen LogP contribution in [0.4, 0.5) is 13.2 Å². The molecule has 2 aromatic carbocycles. The molecule has 1 aliphatic rings. The molecule has 4 rings (SSSR count). The molecule has 2 heterocycles. The van der Waals surface area contributed by atoms with E-state index in [4.69, 9.17) is 4.74 Å². The standard InChI is InChI=1S/C20H19F3N2O4/c21-20(22,23)19-24-14-5-4-11(7-15(14)25-19)10-2-1-3-12(6-10)18-17(28)16(27)8-13(9-26)29-18/h1-7,13,16-18,26-28H,8-9H2,(H,24,25)/t13-,16-,17-,18+/m0/s1. The van der Waals surface area contributed by atoms with Crippen molar-refractivity contribution in [2.75, 3.05) is 6.61 Å². The molecular weight excluding hydrogens is 389 g/mol. The Labute approximate surface area is 163 Å². The van der Waals surface area contributed by atoms with Crippen molar-refractivity contribution in [2.45, 2.75) is 37.0 Å². The molecule has 154 valence electrons. The summed E-state index contributed by atoms with van der Waals surface area (Å²) in [6.07, 6.45) is -8.04. The predicted molar refractivity (Wildman–Crippen MR) is 97.9 cm³/mol. The van der Waals surface area contributed by atoms with Crippen LogP contribution in [0, 0.1) is 0 Å². The van der Waals surface area contributed by atoms with Gasteiger partial charge >= 0.3 is 6.18 Å². The van der Waals surface area contributed by atoms with E-state index in [2.05, 4.69) is 9.97 Å². The number of aromatic nitrogens is 2. The molecule has 0 amide bonds. The van der Waals surface area contributed by atoms with Gasteiger partial charge in [0.2, 0.25) is 5.82 Å². The number of ether oxygens (including phenoxy) is 1. The van der Waals surface area contributed by atoms with Crippen LogP contribution in [0.3, 0.4) is 0 Å². The van der Waals surface area contributed by atoms with Gasteiger partial charge in [0, 0.05) is 6.42 Å². The number of aromatic amines is 1. The topological polar surface area (TPSA) is 98.6 Å². The number of benzene rings is 2. The van der Waals surface area contributed by atoms with Crippen LogP contribution >= 0.6 is 0 Å². The smallest absolute Gasteiger partial charge is 0.394 e. The van der Waals surface area contributed by atoms with Crippen LogP contribution in [0.2, 0.25) is 0 Å². The van der Waals surface area contributed by atoms with E-state index in [0.717, 1.165) is 0 Å². The molecule has 0 radical (unpaired) electrons. The number of fused-ring (bicyclic) bond motifs is 1. The minimum Gasteiger partial charge on any atom is -0.394 e. The van der Waals surface area contributed by atoms with Gasteiger partial charge in [0.25, 0.3) is 0 Å². The third-order valence-electron chi connectivity index (χ3n) is 5.05. The van der Waals surface area contributed by atoms with Gasteiger partial charge in [-0.2, -0.15) is 13.2 Å². The van der Waals surface area contributed by atoms with Crippen LogP contribution in [-0.2, 0) is 10.9 Å². The van der Waals surface area contributed by atoms with E-state index in [9.17, 15) is 28.5 Å². The maximum Gasteiger partial charge on any atom is 0.449 e. The predicted octanol–water partition coefficient (Wildman–Crippen LogP) is 2.79. The first-order valence-corrected chi connectivity index (χ1v) is 9.06. The van der Waals surface area contributed by atoms with E-state index in [1.807, 2.05) is 0 Å². The molecular formula is C20H19F3N2O4. The first kappa shape index (κ1) is 19.8. The maximum atomic E-state index is 12.9. The summed E-state index contributed by atoms with van der Waals surface area (Å²) in [7, 11) is 0. The summed E-state index contributed by atoms with van der Waals surface area (Å²) in [6.45, 7) is -0.280. The normalized spacial score (nSPS) is 25.4. The van der Waals surface area contributed by atoms with Crippen molar-refractivity contribution in [3.05, 3.63) is 53.9 Å². The average molecular weight is 408 g/mol. The van der Waals surface area contributed by atoms with Crippen LogP contribution in [0.1, 0.15) is 23.9 Å². The monoisotopic (exact) mass is 408 g/mol. The number of H-pyrrole nitrogens is 1. The minimum absolute atomic E-state index is 0.131. The van der Waals surface area contributed by atoms with Gasteiger partial charge in [-0.25, -0.2) is 4.98 Å². The van der Waals surface area contributed by atoms with Crippen molar-refractivity contribution in [2.24, 2.45) is 0 Å². The fourth-order valence-electron chi connectivity index (χ4n) is 3.57. The van der Waals surface area contributed by atoms with Gasteiger partial charge in [0.15, 0.2) is 0 Å². The van der Waals surface area contributed by atoms with E-state index in [1.54, 1.807) is 36.4 Å². The van der Waals surface area contributed by atoms with Gasteiger partial charge < -0.3 is 25.0 Å². The second-order valence-corrected chi connectivity index (χ2v) is 7.10. The Balaban J connectivity index is 1.68. The first-order chi connectivity index (χ1) is 13.8. The highest BCUT2D eigenvalue weighted by molar-refractivity contribution is 5.82. The van der Waals surface area contributed by atoms with E-state index < -0.39 is 36.4 Å². The van der Waals surface area contributed by atoms with Crippen molar-refractivity contribution in [1.82, 2.24) is 9.97 Å². The Morgan fingerprint density at radius 3 is 2.59 bits per heavy atom. The summed E-state index contributed by atoms with van der Waals surface area (Å²) in [4.78, 5) is 5.85. The molecule has 0 bridgehead atoms. The summed E-state index contributed by atoms with van der Waals surface area (Å²) < 4.78 is 44.3. The lowest BCUT2D eigenvalue weighted by atomic mass is 9.91. The number of aliphatic hydroxyl groups excluding tert-OH is 3. The highest BCUT2D eigenvalue weighted by atomic mass is 19.4. The Hall–Kier alpha value is -2.46. The largest absolute Gasteiger partial charge is 0.449 e. The van der Waals surface area contributed by atoms with Crippen LogP contribution in [0.5, 0.6) is 0 Å².